The van der Waals surface area contributed by atoms with E-state index in [1.807, 2.05) is 36.4 Å². The molecule has 0 N–H and O–H groups in total. The SMILES string of the molecule is COC(=O)[C@H]1C(=O)C[C@@H](c2ccc3c(c2)OCO3)[C@H]1c1ccc2c(c1)OCO2. The van der Waals surface area contributed by atoms with Gasteiger partial charge in [0.05, 0.1) is 7.11 Å². The predicted molar refractivity (Wildman–Crippen MR) is 95.7 cm³/mol. The lowest BCUT2D eigenvalue weighted by Gasteiger charge is -2.24. The molecule has 0 amide bonds. The van der Waals surface area contributed by atoms with Gasteiger partial charge in [0.25, 0.3) is 0 Å². The number of fused-ring (bicyclic) bond motifs is 2. The van der Waals surface area contributed by atoms with Gasteiger partial charge in [0, 0.05) is 12.3 Å². The molecule has 0 radical (unpaired) electrons. The number of benzene rings is 2. The van der Waals surface area contributed by atoms with Gasteiger partial charge in [-0.05, 0) is 41.3 Å². The Kier molecular flexibility index (Phi) is 3.89. The van der Waals surface area contributed by atoms with Gasteiger partial charge in [-0.25, -0.2) is 0 Å². The van der Waals surface area contributed by atoms with Crippen LogP contribution in [-0.4, -0.2) is 32.4 Å². The van der Waals surface area contributed by atoms with E-state index >= 15 is 0 Å². The largest absolute Gasteiger partial charge is 0.468 e. The van der Waals surface area contributed by atoms with Crippen LogP contribution in [0, 0.1) is 5.92 Å². The minimum atomic E-state index is -0.860. The standard InChI is InChI=1S/C21H18O7/c1-24-21(23)20-14(22)8-13(11-2-4-15-17(6-11)27-9-25-15)19(20)12-3-5-16-18(7-12)28-10-26-16/h2-7,13,19-20H,8-10H2,1H3/t13-,19+,20-/m0/s1. The zero-order valence-corrected chi connectivity index (χ0v) is 15.2. The van der Waals surface area contributed by atoms with Crippen molar-refractivity contribution in [2.45, 2.75) is 18.3 Å². The Morgan fingerprint density at radius 2 is 1.46 bits per heavy atom. The molecule has 3 atom stereocenters. The first kappa shape index (κ1) is 16.9. The summed E-state index contributed by atoms with van der Waals surface area (Å²) in [5, 5.41) is 0. The van der Waals surface area contributed by atoms with Gasteiger partial charge in [0.2, 0.25) is 13.6 Å². The van der Waals surface area contributed by atoms with Crippen LogP contribution in [0.15, 0.2) is 36.4 Å². The number of ether oxygens (including phenoxy) is 5. The van der Waals surface area contributed by atoms with Crippen LogP contribution in [-0.2, 0) is 14.3 Å². The molecule has 0 spiro atoms. The molecule has 7 heteroatoms. The van der Waals surface area contributed by atoms with Gasteiger partial charge in [-0.15, -0.1) is 0 Å². The minimum absolute atomic E-state index is 0.128. The molecule has 2 aromatic rings. The number of Topliss-reactive ketones (excluding diaryl/α,β-unsaturated/α-hetero) is 1. The Labute approximate surface area is 161 Å². The smallest absolute Gasteiger partial charge is 0.316 e. The summed E-state index contributed by atoms with van der Waals surface area (Å²) >= 11 is 0. The lowest BCUT2D eigenvalue weighted by molar-refractivity contribution is -0.148. The first-order chi connectivity index (χ1) is 13.7. The summed E-state index contributed by atoms with van der Waals surface area (Å²) in [5.74, 6) is 0.538. The molecule has 3 aliphatic rings. The molecular weight excluding hydrogens is 364 g/mol. The fraction of sp³-hybridized carbons (Fsp3) is 0.333. The van der Waals surface area contributed by atoms with Gasteiger partial charge < -0.3 is 23.7 Å². The summed E-state index contributed by atoms with van der Waals surface area (Å²) < 4.78 is 26.7. The highest BCUT2D eigenvalue weighted by Crippen LogP contribution is 2.51. The number of hydrogen-bond donors (Lipinski definition) is 0. The lowest BCUT2D eigenvalue weighted by Crippen LogP contribution is -2.26. The van der Waals surface area contributed by atoms with Crippen LogP contribution < -0.4 is 18.9 Å². The topological polar surface area (TPSA) is 80.3 Å². The van der Waals surface area contributed by atoms with Crippen molar-refractivity contribution < 1.29 is 33.3 Å². The zero-order chi connectivity index (χ0) is 19.3. The second-order valence-corrected chi connectivity index (χ2v) is 7.03. The van der Waals surface area contributed by atoms with Crippen LogP contribution in [0.4, 0.5) is 0 Å². The molecule has 2 aliphatic heterocycles. The van der Waals surface area contributed by atoms with Crippen molar-refractivity contribution in [3.63, 3.8) is 0 Å². The molecule has 7 nitrogen and oxygen atoms in total. The van der Waals surface area contributed by atoms with E-state index in [4.69, 9.17) is 23.7 Å². The van der Waals surface area contributed by atoms with Crippen molar-refractivity contribution in [1.82, 2.24) is 0 Å². The third-order valence-corrected chi connectivity index (χ3v) is 5.62. The maximum Gasteiger partial charge on any atom is 0.316 e. The van der Waals surface area contributed by atoms with E-state index in [1.165, 1.54) is 7.11 Å². The van der Waals surface area contributed by atoms with Crippen LogP contribution in [0.3, 0.4) is 0 Å². The molecule has 0 unspecified atom stereocenters. The zero-order valence-electron chi connectivity index (χ0n) is 15.2. The van der Waals surface area contributed by atoms with Crippen molar-refractivity contribution in [2.24, 2.45) is 5.92 Å². The third kappa shape index (κ3) is 2.58. The third-order valence-electron chi connectivity index (χ3n) is 5.62. The van der Waals surface area contributed by atoms with Crippen molar-refractivity contribution in [1.29, 1.82) is 0 Å². The van der Waals surface area contributed by atoms with Crippen molar-refractivity contribution in [3.05, 3.63) is 47.5 Å². The average molecular weight is 382 g/mol. The number of esters is 1. The number of carbonyl (C=O) groups is 2. The normalized spacial score (nSPS) is 24.5. The van der Waals surface area contributed by atoms with Crippen LogP contribution in [0.5, 0.6) is 23.0 Å². The molecule has 2 heterocycles. The molecule has 0 bridgehead atoms. The molecule has 28 heavy (non-hydrogen) atoms. The van der Waals surface area contributed by atoms with E-state index in [2.05, 4.69) is 0 Å². The van der Waals surface area contributed by atoms with Gasteiger partial charge in [-0.3, -0.25) is 9.59 Å². The summed E-state index contributed by atoms with van der Waals surface area (Å²) in [6.45, 7) is 0.340. The first-order valence-electron chi connectivity index (χ1n) is 9.05. The van der Waals surface area contributed by atoms with Crippen LogP contribution in [0.25, 0.3) is 0 Å². The van der Waals surface area contributed by atoms with Crippen LogP contribution in [0.2, 0.25) is 0 Å². The molecule has 144 valence electrons. The summed E-state index contributed by atoms with van der Waals surface area (Å²) in [6, 6.07) is 11.2. The summed E-state index contributed by atoms with van der Waals surface area (Å²) in [5.41, 5.74) is 1.76. The fourth-order valence-electron chi connectivity index (χ4n) is 4.32. The van der Waals surface area contributed by atoms with Crippen LogP contribution >= 0.6 is 0 Å². The molecule has 1 fully saturated rings. The maximum absolute atomic E-state index is 12.8. The Hall–Kier alpha value is -3.22. The van der Waals surface area contributed by atoms with E-state index in [1.54, 1.807) is 0 Å². The predicted octanol–water partition coefficient (Wildman–Crippen LogP) is 2.77. The molecule has 5 rings (SSSR count). The highest BCUT2D eigenvalue weighted by molar-refractivity contribution is 6.02. The average Bonchev–Trinajstić information content (AvgIpc) is 3.43. The second-order valence-electron chi connectivity index (χ2n) is 7.03. The molecule has 0 saturated heterocycles. The Morgan fingerprint density at radius 3 is 2.11 bits per heavy atom. The molecule has 1 saturated carbocycles. The summed E-state index contributed by atoms with van der Waals surface area (Å²) in [6.07, 6.45) is 0.249. The molecule has 2 aromatic carbocycles. The Bertz CT molecular complexity index is 967. The number of ketones is 1. The van der Waals surface area contributed by atoms with Gasteiger partial charge in [-0.1, -0.05) is 12.1 Å². The van der Waals surface area contributed by atoms with Gasteiger partial charge in [-0.2, -0.15) is 0 Å². The monoisotopic (exact) mass is 382 g/mol. The lowest BCUT2D eigenvalue weighted by atomic mass is 9.79. The Morgan fingerprint density at radius 1 is 0.893 bits per heavy atom. The number of hydrogen-bond acceptors (Lipinski definition) is 7. The van der Waals surface area contributed by atoms with E-state index in [0.717, 1.165) is 11.1 Å². The highest BCUT2D eigenvalue weighted by Gasteiger charge is 2.49. The first-order valence-corrected chi connectivity index (χ1v) is 9.05. The van der Waals surface area contributed by atoms with E-state index < -0.39 is 11.9 Å². The fourth-order valence-corrected chi connectivity index (χ4v) is 4.32. The van der Waals surface area contributed by atoms with Crippen molar-refractivity contribution in [2.75, 3.05) is 20.7 Å². The minimum Gasteiger partial charge on any atom is -0.468 e. The second kappa shape index (κ2) is 6.44. The molecule has 0 aromatic heterocycles. The molecule has 1 aliphatic carbocycles. The molecular formula is C21H18O7. The van der Waals surface area contributed by atoms with E-state index in [9.17, 15) is 9.59 Å². The van der Waals surface area contributed by atoms with Crippen molar-refractivity contribution in [3.8, 4) is 23.0 Å². The summed E-state index contributed by atoms with van der Waals surface area (Å²) in [7, 11) is 1.31. The van der Waals surface area contributed by atoms with E-state index in [0.29, 0.717) is 23.0 Å². The number of rotatable bonds is 3. The van der Waals surface area contributed by atoms with Gasteiger partial charge >= 0.3 is 5.97 Å². The van der Waals surface area contributed by atoms with Crippen molar-refractivity contribution >= 4 is 11.8 Å². The number of carbonyl (C=O) groups excluding carboxylic acids is 2. The number of methoxy groups -OCH3 is 1. The van der Waals surface area contributed by atoms with Gasteiger partial charge in [0.15, 0.2) is 23.0 Å². The van der Waals surface area contributed by atoms with Gasteiger partial charge in [0.1, 0.15) is 11.7 Å². The highest BCUT2D eigenvalue weighted by atomic mass is 16.7. The maximum atomic E-state index is 12.8. The summed E-state index contributed by atoms with van der Waals surface area (Å²) in [4.78, 5) is 25.3. The van der Waals surface area contributed by atoms with Crippen LogP contribution in [0.1, 0.15) is 29.4 Å². The Balaban J connectivity index is 1.59. The quantitative estimate of drug-likeness (QED) is 0.596. The van der Waals surface area contributed by atoms with E-state index in [-0.39, 0.29) is 37.6 Å².